The van der Waals surface area contributed by atoms with E-state index in [4.69, 9.17) is 0 Å². The van der Waals surface area contributed by atoms with Gasteiger partial charge in [0.15, 0.2) is 0 Å². The first-order valence-corrected chi connectivity index (χ1v) is 7.17. The Morgan fingerprint density at radius 1 is 1.00 bits per heavy atom. The topological polar surface area (TPSA) is 40.5 Å². The molecule has 2 nitrogen and oxygen atoms in total. The fourth-order valence-corrected chi connectivity index (χ4v) is 5.10. The molecule has 3 aliphatic rings. The van der Waals surface area contributed by atoms with Gasteiger partial charge in [-0.25, -0.2) is 0 Å². The lowest BCUT2D eigenvalue weighted by Crippen LogP contribution is -2.57. The zero-order chi connectivity index (χ0) is 12.5. The summed E-state index contributed by atoms with van der Waals surface area (Å²) in [7, 11) is 0. The van der Waals surface area contributed by atoms with E-state index >= 15 is 0 Å². The first-order valence-electron chi connectivity index (χ1n) is 7.17. The van der Waals surface area contributed by atoms with Crippen LogP contribution in [0.5, 0.6) is 0 Å². The molecule has 0 aromatic heterocycles. The van der Waals surface area contributed by atoms with Crippen LogP contribution in [0.25, 0.3) is 0 Å². The second-order valence-corrected chi connectivity index (χ2v) is 7.93. The normalized spacial score (nSPS) is 56.6. The minimum absolute atomic E-state index is 0.0413. The van der Waals surface area contributed by atoms with Crippen molar-refractivity contribution in [2.45, 2.75) is 71.0 Å². The van der Waals surface area contributed by atoms with Gasteiger partial charge in [-0.1, -0.05) is 20.8 Å². The Morgan fingerprint density at radius 3 is 2.35 bits per heavy atom. The molecule has 2 bridgehead atoms. The van der Waals surface area contributed by atoms with Crippen molar-refractivity contribution in [2.75, 3.05) is 0 Å². The molecule has 3 aliphatic carbocycles. The van der Waals surface area contributed by atoms with Gasteiger partial charge >= 0.3 is 0 Å². The summed E-state index contributed by atoms with van der Waals surface area (Å²) in [5.74, 6) is 1.16. The molecule has 0 unspecified atom stereocenters. The lowest BCUT2D eigenvalue weighted by Gasteiger charge is -2.58. The summed E-state index contributed by atoms with van der Waals surface area (Å²) in [6.45, 7) is 6.86. The van der Waals surface area contributed by atoms with Gasteiger partial charge in [0.2, 0.25) is 0 Å². The van der Waals surface area contributed by atoms with Crippen LogP contribution in [0.4, 0.5) is 0 Å². The lowest BCUT2D eigenvalue weighted by atomic mass is 9.49. The van der Waals surface area contributed by atoms with Gasteiger partial charge in [0.25, 0.3) is 0 Å². The summed E-state index contributed by atoms with van der Waals surface area (Å²) in [6.07, 6.45) is 5.65. The first kappa shape index (κ1) is 12.0. The van der Waals surface area contributed by atoms with Crippen LogP contribution in [-0.4, -0.2) is 21.9 Å². The van der Waals surface area contributed by atoms with Crippen LogP contribution in [0.1, 0.15) is 59.3 Å². The maximum Gasteiger partial charge on any atom is 0.0686 e. The van der Waals surface area contributed by atoms with E-state index in [9.17, 15) is 10.2 Å². The molecule has 0 saturated heterocycles. The van der Waals surface area contributed by atoms with Gasteiger partial charge in [-0.3, -0.25) is 0 Å². The van der Waals surface area contributed by atoms with E-state index in [0.717, 1.165) is 25.7 Å². The van der Waals surface area contributed by atoms with Crippen LogP contribution in [-0.2, 0) is 0 Å². The quantitative estimate of drug-likeness (QED) is 0.681. The molecule has 0 aromatic carbocycles. The summed E-state index contributed by atoms with van der Waals surface area (Å²) in [4.78, 5) is 0. The van der Waals surface area contributed by atoms with Crippen molar-refractivity contribution < 1.29 is 10.2 Å². The molecule has 0 aliphatic heterocycles. The van der Waals surface area contributed by atoms with Gasteiger partial charge in [0.1, 0.15) is 0 Å². The first-order chi connectivity index (χ1) is 7.77. The largest absolute Gasteiger partial charge is 0.393 e. The van der Waals surface area contributed by atoms with Crippen molar-refractivity contribution in [1.82, 2.24) is 0 Å². The number of aliphatic hydroxyl groups excluding tert-OH is 1. The molecule has 2 N–H and O–H groups in total. The highest BCUT2D eigenvalue weighted by Gasteiger charge is 2.61. The lowest BCUT2D eigenvalue weighted by molar-refractivity contribution is -0.176. The Bertz CT molecular complexity index is 338. The van der Waals surface area contributed by atoms with Crippen molar-refractivity contribution in [3.05, 3.63) is 0 Å². The summed E-state index contributed by atoms with van der Waals surface area (Å²) >= 11 is 0. The predicted molar refractivity (Wildman–Crippen MR) is 67.5 cm³/mol. The average molecular weight is 238 g/mol. The molecule has 17 heavy (non-hydrogen) atoms. The molecule has 0 radical (unpaired) electrons. The molecule has 3 rings (SSSR count). The molecule has 98 valence electrons. The van der Waals surface area contributed by atoms with Gasteiger partial charge in [0.05, 0.1) is 11.7 Å². The van der Waals surface area contributed by atoms with Crippen molar-refractivity contribution in [2.24, 2.45) is 22.7 Å². The third-order valence-corrected chi connectivity index (χ3v) is 6.32. The van der Waals surface area contributed by atoms with Crippen LogP contribution >= 0.6 is 0 Å². The minimum atomic E-state index is -0.481. The molecule has 0 spiro atoms. The summed E-state index contributed by atoms with van der Waals surface area (Å²) in [6, 6.07) is 0. The molecule has 3 saturated carbocycles. The second kappa shape index (κ2) is 3.27. The molecule has 5 atom stereocenters. The molecule has 0 heterocycles. The van der Waals surface area contributed by atoms with Crippen molar-refractivity contribution >= 4 is 0 Å². The smallest absolute Gasteiger partial charge is 0.0686 e. The Kier molecular flexibility index (Phi) is 2.30. The zero-order valence-electron chi connectivity index (χ0n) is 11.4. The van der Waals surface area contributed by atoms with Crippen molar-refractivity contribution in [3.63, 3.8) is 0 Å². The Morgan fingerprint density at radius 2 is 1.71 bits per heavy atom. The summed E-state index contributed by atoms with van der Waals surface area (Å²) in [5, 5.41) is 21.2. The zero-order valence-corrected chi connectivity index (χ0v) is 11.4. The van der Waals surface area contributed by atoms with Gasteiger partial charge in [-0.15, -0.1) is 0 Å². The number of fused-ring (bicyclic) bond motifs is 4. The molecular formula is C15H26O2. The molecule has 2 heteroatoms. The van der Waals surface area contributed by atoms with E-state index in [2.05, 4.69) is 20.8 Å². The van der Waals surface area contributed by atoms with E-state index in [0.29, 0.717) is 17.3 Å². The SMILES string of the molecule is CC1(C)C[C@@H]2[C@H]1CC[C@]1(C)C[C@]2(O)CC[C@@H]1O. The van der Waals surface area contributed by atoms with Crippen LogP contribution < -0.4 is 0 Å². The fourth-order valence-electron chi connectivity index (χ4n) is 5.10. The second-order valence-electron chi connectivity index (χ2n) is 7.93. The fraction of sp³-hybridized carbons (Fsp3) is 1.00. The van der Waals surface area contributed by atoms with Crippen molar-refractivity contribution in [3.8, 4) is 0 Å². The van der Waals surface area contributed by atoms with E-state index < -0.39 is 5.60 Å². The third kappa shape index (κ3) is 1.53. The molecule has 3 fully saturated rings. The van der Waals surface area contributed by atoms with Crippen molar-refractivity contribution in [1.29, 1.82) is 0 Å². The third-order valence-electron chi connectivity index (χ3n) is 6.32. The predicted octanol–water partition coefficient (Wildman–Crippen LogP) is 2.72. The van der Waals surface area contributed by atoms with Crippen LogP contribution in [0, 0.1) is 22.7 Å². The van der Waals surface area contributed by atoms with E-state index in [1.54, 1.807) is 0 Å². The van der Waals surface area contributed by atoms with Gasteiger partial charge < -0.3 is 10.2 Å². The Labute approximate surface area is 104 Å². The van der Waals surface area contributed by atoms with Crippen LogP contribution in [0.3, 0.4) is 0 Å². The number of aliphatic hydroxyl groups is 2. The highest BCUT2D eigenvalue weighted by molar-refractivity contribution is 5.12. The Hall–Kier alpha value is -0.0800. The van der Waals surface area contributed by atoms with E-state index in [-0.39, 0.29) is 11.5 Å². The maximum atomic E-state index is 11.0. The molecule has 0 amide bonds. The highest BCUT2D eigenvalue weighted by Crippen LogP contribution is 2.64. The number of hydrogen-bond acceptors (Lipinski definition) is 2. The maximum absolute atomic E-state index is 11.0. The molecule has 0 aromatic rings. The summed E-state index contributed by atoms with van der Waals surface area (Å²) in [5.41, 5.74) is -0.121. The van der Waals surface area contributed by atoms with E-state index in [1.807, 2.05) is 0 Å². The molecular weight excluding hydrogens is 212 g/mol. The van der Waals surface area contributed by atoms with Gasteiger partial charge in [0, 0.05) is 0 Å². The van der Waals surface area contributed by atoms with Gasteiger partial charge in [-0.2, -0.15) is 0 Å². The monoisotopic (exact) mass is 238 g/mol. The van der Waals surface area contributed by atoms with Crippen LogP contribution in [0.15, 0.2) is 0 Å². The number of hydrogen-bond donors (Lipinski definition) is 2. The van der Waals surface area contributed by atoms with Gasteiger partial charge in [-0.05, 0) is 61.2 Å². The van der Waals surface area contributed by atoms with E-state index in [1.165, 1.54) is 12.8 Å². The summed E-state index contributed by atoms with van der Waals surface area (Å²) < 4.78 is 0. The standard InChI is InChI=1S/C15H26O2/c1-13(2)8-11-10(13)4-6-14(3)9-15(11,17)7-5-12(14)16/h10-12,16-17H,4-9H2,1-3H3/t10-,11-,12+,14-,15-/m1/s1. The average Bonchev–Trinajstić information content (AvgIpc) is 2.28. The minimum Gasteiger partial charge on any atom is -0.393 e. The van der Waals surface area contributed by atoms with Crippen LogP contribution in [0.2, 0.25) is 0 Å². The number of rotatable bonds is 0. The highest BCUT2D eigenvalue weighted by atomic mass is 16.3. The Balaban J connectivity index is 1.93.